The Morgan fingerprint density at radius 3 is 2.53 bits per heavy atom. The molecule has 1 saturated carbocycles. The first-order valence-corrected chi connectivity index (χ1v) is 10.2. The van der Waals surface area contributed by atoms with E-state index >= 15 is 0 Å². The number of hydrogen-bond acceptors (Lipinski definition) is 7. The number of ether oxygens (including phenoxy) is 1. The first-order valence-electron chi connectivity index (χ1n) is 10.2. The van der Waals surface area contributed by atoms with E-state index in [9.17, 15) is 22.8 Å². The van der Waals surface area contributed by atoms with Crippen molar-refractivity contribution in [3.05, 3.63) is 59.1 Å². The number of benzene rings is 1. The first-order chi connectivity index (χ1) is 16.0. The number of amides is 1. The van der Waals surface area contributed by atoms with E-state index < -0.39 is 30.0 Å². The highest BCUT2D eigenvalue weighted by Gasteiger charge is 2.33. The van der Waals surface area contributed by atoms with Crippen LogP contribution in [0.4, 0.5) is 13.2 Å². The SMILES string of the molecule is Cc1nc([C@H](C)NC(=O)c2cc(OC(F)(F)F)cc(C3CC3)c2)n(-c2cnc(C(=O)O)cn2)n1. The Bertz CT molecular complexity index is 1240. The number of aromatic carboxylic acids is 1. The van der Waals surface area contributed by atoms with Crippen molar-refractivity contribution in [2.24, 2.45) is 0 Å². The molecule has 0 unspecified atom stereocenters. The minimum Gasteiger partial charge on any atom is -0.476 e. The molecule has 1 aliphatic carbocycles. The summed E-state index contributed by atoms with van der Waals surface area (Å²) < 4.78 is 43.6. The molecule has 0 bridgehead atoms. The first kappa shape index (κ1) is 23.1. The third kappa shape index (κ3) is 5.30. The van der Waals surface area contributed by atoms with Gasteiger partial charge in [-0.15, -0.1) is 18.3 Å². The molecular formula is C21H19F3N6O4. The number of aryl methyl sites for hydroxylation is 1. The maximum atomic E-state index is 12.9. The number of carbonyl (C=O) groups is 2. The van der Waals surface area contributed by atoms with E-state index in [1.807, 2.05) is 0 Å². The lowest BCUT2D eigenvalue weighted by Gasteiger charge is -2.16. The molecule has 178 valence electrons. The van der Waals surface area contributed by atoms with Crippen LogP contribution in [0.25, 0.3) is 5.82 Å². The Labute approximate surface area is 190 Å². The molecule has 4 rings (SSSR count). The molecule has 2 aromatic heterocycles. The molecule has 13 heteroatoms. The van der Waals surface area contributed by atoms with Crippen LogP contribution in [0.1, 0.15) is 69.8 Å². The van der Waals surface area contributed by atoms with Gasteiger partial charge in [0.15, 0.2) is 17.3 Å². The molecule has 3 aromatic rings. The van der Waals surface area contributed by atoms with Crippen LogP contribution in [0.3, 0.4) is 0 Å². The lowest BCUT2D eigenvalue weighted by Crippen LogP contribution is -2.29. The fourth-order valence-corrected chi connectivity index (χ4v) is 3.36. The van der Waals surface area contributed by atoms with Gasteiger partial charge in [-0.1, -0.05) is 0 Å². The Balaban J connectivity index is 1.58. The van der Waals surface area contributed by atoms with Crippen LogP contribution in [-0.4, -0.2) is 48.1 Å². The number of aromatic nitrogens is 5. The summed E-state index contributed by atoms with van der Waals surface area (Å²) in [6, 6.07) is 3.15. The second kappa shape index (κ2) is 8.72. The Morgan fingerprint density at radius 2 is 1.94 bits per heavy atom. The van der Waals surface area contributed by atoms with Crippen molar-refractivity contribution in [1.82, 2.24) is 30.0 Å². The predicted octanol–water partition coefficient (Wildman–Crippen LogP) is 3.33. The maximum Gasteiger partial charge on any atom is 0.573 e. The van der Waals surface area contributed by atoms with Gasteiger partial charge in [0.2, 0.25) is 0 Å². The molecule has 1 aromatic carbocycles. The smallest absolute Gasteiger partial charge is 0.476 e. The zero-order chi connectivity index (χ0) is 24.6. The van der Waals surface area contributed by atoms with Gasteiger partial charge in [-0.2, -0.15) is 4.68 Å². The van der Waals surface area contributed by atoms with Crippen molar-refractivity contribution in [1.29, 1.82) is 0 Å². The largest absolute Gasteiger partial charge is 0.573 e. The van der Waals surface area contributed by atoms with Crippen LogP contribution in [0.15, 0.2) is 30.6 Å². The molecule has 1 amide bonds. The van der Waals surface area contributed by atoms with E-state index in [-0.39, 0.29) is 28.8 Å². The third-order valence-corrected chi connectivity index (χ3v) is 5.02. The minimum absolute atomic E-state index is 0.0175. The summed E-state index contributed by atoms with van der Waals surface area (Å²) in [5.41, 5.74) is 0.368. The Morgan fingerprint density at radius 1 is 1.21 bits per heavy atom. The van der Waals surface area contributed by atoms with Crippen molar-refractivity contribution in [2.45, 2.75) is 45.0 Å². The molecule has 0 radical (unpaired) electrons. The van der Waals surface area contributed by atoms with Gasteiger partial charge in [0.25, 0.3) is 5.91 Å². The second-order valence-electron chi connectivity index (χ2n) is 7.80. The molecule has 0 saturated heterocycles. The van der Waals surface area contributed by atoms with Crippen LogP contribution < -0.4 is 10.1 Å². The van der Waals surface area contributed by atoms with Gasteiger partial charge in [-0.3, -0.25) is 4.79 Å². The minimum atomic E-state index is -4.88. The number of halogens is 3. The number of carboxylic acid groups (broad SMARTS) is 1. The van der Waals surface area contributed by atoms with Gasteiger partial charge in [-0.25, -0.2) is 19.7 Å². The summed E-state index contributed by atoms with van der Waals surface area (Å²) in [6.07, 6.45) is -0.953. The van der Waals surface area contributed by atoms with Crippen molar-refractivity contribution < 1.29 is 32.6 Å². The number of rotatable bonds is 7. The normalized spacial score (nSPS) is 14.5. The molecule has 10 nitrogen and oxygen atoms in total. The van der Waals surface area contributed by atoms with Gasteiger partial charge in [0.1, 0.15) is 11.6 Å². The summed E-state index contributed by atoms with van der Waals surface area (Å²) in [7, 11) is 0. The Kier molecular flexibility index (Phi) is 5.94. The zero-order valence-electron chi connectivity index (χ0n) is 18.0. The zero-order valence-corrected chi connectivity index (χ0v) is 18.0. The highest BCUT2D eigenvalue weighted by molar-refractivity contribution is 5.95. The number of alkyl halides is 3. The number of carboxylic acids is 1. The van der Waals surface area contributed by atoms with Crippen LogP contribution in [0.5, 0.6) is 5.75 Å². The summed E-state index contributed by atoms with van der Waals surface area (Å²) in [5.74, 6) is -1.41. The number of hydrogen-bond donors (Lipinski definition) is 2. The second-order valence-corrected chi connectivity index (χ2v) is 7.80. The van der Waals surface area contributed by atoms with Crippen LogP contribution in [0, 0.1) is 6.92 Å². The molecule has 1 fully saturated rings. The number of carbonyl (C=O) groups excluding carboxylic acids is 1. The fraction of sp³-hybridized carbons (Fsp3) is 0.333. The standard InChI is InChI=1S/C21H19F3N6O4/c1-10(18-28-11(2)29-30(18)17-9-25-16(8-26-17)20(32)33)27-19(31)14-5-13(12-3-4-12)6-15(7-14)34-21(22,23)24/h5-10,12H,3-4H2,1-2H3,(H,27,31)(H,32,33)/t10-/m0/s1. The van der Waals surface area contributed by atoms with Gasteiger partial charge >= 0.3 is 12.3 Å². The monoisotopic (exact) mass is 476 g/mol. The molecule has 34 heavy (non-hydrogen) atoms. The molecule has 2 N–H and O–H groups in total. The lowest BCUT2D eigenvalue weighted by atomic mass is 10.1. The molecule has 0 aliphatic heterocycles. The summed E-state index contributed by atoms with van der Waals surface area (Å²) in [4.78, 5) is 36.0. The highest BCUT2D eigenvalue weighted by Crippen LogP contribution is 2.42. The maximum absolute atomic E-state index is 12.9. The van der Waals surface area contributed by atoms with Gasteiger partial charge in [0, 0.05) is 5.56 Å². The van der Waals surface area contributed by atoms with Gasteiger partial charge in [-0.05, 0) is 56.4 Å². The average Bonchev–Trinajstić information content (AvgIpc) is 3.53. The summed E-state index contributed by atoms with van der Waals surface area (Å²) in [5, 5.41) is 15.9. The van der Waals surface area contributed by atoms with Crippen molar-refractivity contribution in [2.75, 3.05) is 0 Å². The van der Waals surface area contributed by atoms with Crippen LogP contribution in [-0.2, 0) is 0 Å². The summed E-state index contributed by atoms with van der Waals surface area (Å²) in [6.45, 7) is 3.24. The van der Waals surface area contributed by atoms with Gasteiger partial charge in [0.05, 0.1) is 18.4 Å². The molecule has 1 aliphatic rings. The summed E-state index contributed by atoms with van der Waals surface area (Å²) >= 11 is 0. The highest BCUT2D eigenvalue weighted by atomic mass is 19.4. The number of nitrogens with zero attached hydrogens (tertiary/aromatic N) is 5. The Hall–Kier alpha value is -4.03. The fourth-order valence-electron chi connectivity index (χ4n) is 3.36. The van der Waals surface area contributed by atoms with Crippen molar-refractivity contribution >= 4 is 11.9 Å². The van der Waals surface area contributed by atoms with Crippen LogP contribution in [0.2, 0.25) is 0 Å². The topological polar surface area (TPSA) is 132 Å². The van der Waals surface area contributed by atoms with E-state index in [0.717, 1.165) is 25.1 Å². The van der Waals surface area contributed by atoms with Crippen LogP contribution >= 0.6 is 0 Å². The molecular weight excluding hydrogens is 457 g/mol. The van der Waals surface area contributed by atoms with Crippen molar-refractivity contribution in [3.63, 3.8) is 0 Å². The van der Waals surface area contributed by atoms with E-state index in [1.54, 1.807) is 19.9 Å². The molecule has 2 heterocycles. The van der Waals surface area contributed by atoms with E-state index in [0.29, 0.717) is 11.4 Å². The van der Waals surface area contributed by atoms with E-state index in [1.165, 1.54) is 16.9 Å². The quantitative estimate of drug-likeness (QED) is 0.531. The molecule has 0 spiro atoms. The average molecular weight is 476 g/mol. The van der Waals surface area contributed by atoms with Crippen molar-refractivity contribution in [3.8, 4) is 11.6 Å². The van der Waals surface area contributed by atoms with E-state index in [2.05, 4.69) is 30.1 Å². The van der Waals surface area contributed by atoms with Gasteiger partial charge < -0.3 is 15.2 Å². The molecule has 1 atom stereocenters. The van der Waals surface area contributed by atoms with E-state index in [4.69, 9.17) is 5.11 Å². The predicted molar refractivity (Wildman–Crippen MR) is 110 cm³/mol. The lowest BCUT2D eigenvalue weighted by molar-refractivity contribution is -0.274. The third-order valence-electron chi connectivity index (χ3n) is 5.02. The number of nitrogens with one attached hydrogen (secondary N) is 1.